The number of nitrogens with zero attached hydrogens (tertiary/aromatic N) is 1. The van der Waals surface area contributed by atoms with Crippen molar-refractivity contribution in [1.82, 2.24) is 5.32 Å². The van der Waals surface area contributed by atoms with Crippen LogP contribution in [0, 0.1) is 11.3 Å². The maximum atomic E-state index is 8.62. The molecule has 1 aromatic carbocycles. The van der Waals surface area contributed by atoms with E-state index in [0.29, 0.717) is 5.56 Å². The maximum absolute atomic E-state index is 8.62. The van der Waals surface area contributed by atoms with Crippen LogP contribution in [0.5, 0.6) is 0 Å². The molecule has 0 aliphatic heterocycles. The van der Waals surface area contributed by atoms with E-state index in [2.05, 4.69) is 23.6 Å². The summed E-state index contributed by atoms with van der Waals surface area (Å²) >= 11 is 0. The molecule has 0 aromatic heterocycles. The number of hydrogen-bond acceptors (Lipinski definition) is 3. The lowest BCUT2D eigenvalue weighted by atomic mass is 10.2. The molecule has 15 heavy (non-hydrogen) atoms. The second kappa shape index (κ2) is 6.86. The molecule has 3 nitrogen and oxygen atoms in total. The maximum Gasteiger partial charge on any atom is 0.0991 e. The van der Waals surface area contributed by atoms with Gasteiger partial charge in [-0.2, -0.15) is 5.26 Å². The van der Waals surface area contributed by atoms with Crippen molar-refractivity contribution in [3.63, 3.8) is 0 Å². The highest BCUT2D eigenvalue weighted by Gasteiger charge is 1.92. The minimum atomic E-state index is 0.699. The Morgan fingerprint density at radius 3 is 2.47 bits per heavy atom. The minimum absolute atomic E-state index is 0.699. The van der Waals surface area contributed by atoms with Crippen LogP contribution in [0.15, 0.2) is 24.3 Å². The molecule has 0 fully saturated rings. The molecule has 0 spiro atoms. The summed E-state index contributed by atoms with van der Waals surface area (Å²) in [5, 5.41) is 15.2. The smallest absolute Gasteiger partial charge is 0.0991 e. The van der Waals surface area contributed by atoms with E-state index in [0.717, 1.165) is 31.7 Å². The first-order valence-corrected chi connectivity index (χ1v) is 5.31. The van der Waals surface area contributed by atoms with Gasteiger partial charge in [0.05, 0.1) is 11.6 Å². The van der Waals surface area contributed by atoms with Gasteiger partial charge in [0.25, 0.3) is 0 Å². The zero-order valence-electron chi connectivity index (χ0n) is 9.09. The molecule has 0 unspecified atom stereocenters. The van der Waals surface area contributed by atoms with Gasteiger partial charge in [0.1, 0.15) is 0 Å². The zero-order chi connectivity index (χ0) is 10.9. The first-order valence-electron chi connectivity index (χ1n) is 5.31. The molecule has 1 aromatic rings. The van der Waals surface area contributed by atoms with Crippen molar-refractivity contribution in [3.8, 4) is 6.07 Å². The molecule has 0 amide bonds. The molecule has 0 atom stereocenters. The highest BCUT2D eigenvalue weighted by molar-refractivity contribution is 5.47. The lowest BCUT2D eigenvalue weighted by Gasteiger charge is -2.06. The van der Waals surface area contributed by atoms with Crippen LogP contribution in [0.1, 0.15) is 18.9 Å². The Bertz CT molecular complexity index is 311. The predicted molar refractivity (Wildman–Crippen MR) is 62.8 cm³/mol. The van der Waals surface area contributed by atoms with E-state index in [1.807, 2.05) is 24.3 Å². The molecule has 2 N–H and O–H groups in total. The average Bonchev–Trinajstić information content (AvgIpc) is 2.30. The summed E-state index contributed by atoms with van der Waals surface area (Å²) in [6.07, 6.45) is 1.16. The molecule has 0 aliphatic carbocycles. The Labute approximate surface area is 91.1 Å². The molecule has 80 valence electrons. The largest absolute Gasteiger partial charge is 0.384 e. The Kier molecular flexibility index (Phi) is 5.28. The average molecular weight is 203 g/mol. The lowest BCUT2D eigenvalue weighted by molar-refractivity contribution is 0.688. The standard InChI is InChI=1S/C12H17N3/c1-2-7-14-8-9-15-12-5-3-11(10-13)4-6-12/h3-6,14-15H,2,7-9H2,1H3. The predicted octanol–water partition coefficient (Wildman–Crippen LogP) is 1.97. The van der Waals surface area contributed by atoms with E-state index >= 15 is 0 Å². The van der Waals surface area contributed by atoms with Crippen molar-refractivity contribution < 1.29 is 0 Å². The van der Waals surface area contributed by atoms with Crippen molar-refractivity contribution in [3.05, 3.63) is 29.8 Å². The van der Waals surface area contributed by atoms with Crippen molar-refractivity contribution in [2.45, 2.75) is 13.3 Å². The third-order valence-corrected chi connectivity index (χ3v) is 2.07. The van der Waals surface area contributed by atoms with Gasteiger partial charge in [-0.15, -0.1) is 0 Å². The van der Waals surface area contributed by atoms with Crippen LogP contribution in [-0.2, 0) is 0 Å². The van der Waals surface area contributed by atoms with E-state index in [-0.39, 0.29) is 0 Å². The second-order valence-corrected chi connectivity index (χ2v) is 3.37. The fourth-order valence-corrected chi connectivity index (χ4v) is 1.26. The molecule has 0 radical (unpaired) electrons. The van der Waals surface area contributed by atoms with Gasteiger partial charge in [0, 0.05) is 18.8 Å². The molecule has 0 bridgehead atoms. The van der Waals surface area contributed by atoms with Crippen molar-refractivity contribution in [2.24, 2.45) is 0 Å². The number of nitriles is 1. The molecule has 0 heterocycles. The minimum Gasteiger partial charge on any atom is -0.384 e. The molecular formula is C12H17N3. The van der Waals surface area contributed by atoms with E-state index < -0.39 is 0 Å². The van der Waals surface area contributed by atoms with Gasteiger partial charge >= 0.3 is 0 Å². The SMILES string of the molecule is CCCNCCNc1ccc(C#N)cc1. The highest BCUT2D eigenvalue weighted by Crippen LogP contribution is 2.07. The van der Waals surface area contributed by atoms with Crippen molar-refractivity contribution >= 4 is 5.69 Å². The van der Waals surface area contributed by atoms with Crippen LogP contribution < -0.4 is 10.6 Å². The molecule has 0 aliphatic rings. The quantitative estimate of drug-likeness (QED) is 0.695. The summed E-state index contributed by atoms with van der Waals surface area (Å²) in [4.78, 5) is 0. The van der Waals surface area contributed by atoms with Crippen LogP contribution in [0.4, 0.5) is 5.69 Å². The summed E-state index contributed by atoms with van der Waals surface area (Å²) < 4.78 is 0. The van der Waals surface area contributed by atoms with E-state index in [1.165, 1.54) is 0 Å². The Morgan fingerprint density at radius 2 is 1.87 bits per heavy atom. The van der Waals surface area contributed by atoms with Crippen LogP contribution in [0.3, 0.4) is 0 Å². The van der Waals surface area contributed by atoms with Crippen LogP contribution >= 0.6 is 0 Å². The zero-order valence-corrected chi connectivity index (χ0v) is 9.09. The first kappa shape index (κ1) is 11.5. The van der Waals surface area contributed by atoms with Crippen LogP contribution in [0.25, 0.3) is 0 Å². The summed E-state index contributed by atoms with van der Waals surface area (Å²) in [6, 6.07) is 9.60. The topological polar surface area (TPSA) is 47.8 Å². The monoisotopic (exact) mass is 203 g/mol. The highest BCUT2D eigenvalue weighted by atomic mass is 14.9. The Hall–Kier alpha value is -1.53. The van der Waals surface area contributed by atoms with Gasteiger partial charge in [-0.05, 0) is 37.2 Å². The van der Waals surface area contributed by atoms with Crippen LogP contribution in [-0.4, -0.2) is 19.6 Å². The van der Waals surface area contributed by atoms with Crippen molar-refractivity contribution in [1.29, 1.82) is 5.26 Å². The number of nitrogens with one attached hydrogen (secondary N) is 2. The third-order valence-electron chi connectivity index (χ3n) is 2.07. The third kappa shape index (κ3) is 4.48. The first-order chi connectivity index (χ1) is 7.36. The van der Waals surface area contributed by atoms with E-state index in [9.17, 15) is 0 Å². The van der Waals surface area contributed by atoms with Gasteiger partial charge in [0.2, 0.25) is 0 Å². The number of benzene rings is 1. The van der Waals surface area contributed by atoms with Gasteiger partial charge < -0.3 is 10.6 Å². The number of rotatable bonds is 6. The molecule has 3 heteroatoms. The molecule has 1 rings (SSSR count). The van der Waals surface area contributed by atoms with Gasteiger partial charge in [-0.25, -0.2) is 0 Å². The molecular weight excluding hydrogens is 186 g/mol. The summed E-state index contributed by atoms with van der Waals surface area (Å²) in [6.45, 7) is 5.09. The van der Waals surface area contributed by atoms with Crippen LogP contribution in [0.2, 0.25) is 0 Å². The molecule has 0 saturated carbocycles. The normalized spacial score (nSPS) is 9.60. The van der Waals surface area contributed by atoms with Gasteiger partial charge in [-0.1, -0.05) is 6.92 Å². The number of hydrogen-bond donors (Lipinski definition) is 2. The fourth-order valence-electron chi connectivity index (χ4n) is 1.26. The van der Waals surface area contributed by atoms with E-state index in [1.54, 1.807) is 0 Å². The summed E-state index contributed by atoms with van der Waals surface area (Å²) in [7, 11) is 0. The Balaban J connectivity index is 2.23. The van der Waals surface area contributed by atoms with Crippen molar-refractivity contribution in [2.75, 3.05) is 25.0 Å². The summed E-state index contributed by atoms with van der Waals surface area (Å²) in [5.41, 5.74) is 1.76. The lowest BCUT2D eigenvalue weighted by Crippen LogP contribution is -2.22. The second-order valence-electron chi connectivity index (χ2n) is 3.37. The van der Waals surface area contributed by atoms with Gasteiger partial charge in [0.15, 0.2) is 0 Å². The Morgan fingerprint density at radius 1 is 1.13 bits per heavy atom. The number of anilines is 1. The summed E-state index contributed by atoms with van der Waals surface area (Å²) in [5.74, 6) is 0. The fraction of sp³-hybridized carbons (Fsp3) is 0.417. The van der Waals surface area contributed by atoms with E-state index in [4.69, 9.17) is 5.26 Å². The molecule has 0 saturated heterocycles. The van der Waals surface area contributed by atoms with Gasteiger partial charge in [-0.3, -0.25) is 0 Å².